The predicted octanol–water partition coefficient (Wildman–Crippen LogP) is 4.52. The van der Waals surface area contributed by atoms with Gasteiger partial charge in [0.1, 0.15) is 11.0 Å². The summed E-state index contributed by atoms with van der Waals surface area (Å²) in [6, 6.07) is 0. The molecular weight excluding hydrogens is 248 g/mol. The number of hydrogen-bond acceptors (Lipinski definition) is 3. The van der Waals surface area contributed by atoms with E-state index in [1.165, 1.54) is 19.3 Å². The fraction of sp³-hybridized carbons (Fsp3) is 0.714. The Kier molecular flexibility index (Phi) is 6.41. The van der Waals surface area contributed by atoms with Crippen LogP contribution in [0.2, 0.25) is 5.15 Å². The third-order valence-electron chi connectivity index (χ3n) is 2.81. The van der Waals surface area contributed by atoms with Crippen molar-refractivity contribution < 1.29 is 4.74 Å². The summed E-state index contributed by atoms with van der Waals surface area (Å²) in [4.78, 5) is 8.70. The first-order valence-electron chi connectivity index (χ1n) is 6.73. The zero-order chi connectivity index (χ0) is 13.5. The van der Waals surface area contributed by atoms with Crippen LogP contribution in [0.4, 0.5) is 0 Å². The molecule has 1 aromatic rings. The topological polar surface area (TPSA) is 35.0 Å². The molecule has 0 unspecified atom stereocenters. The molecule has 0 aliphatic heterocycles. The van der Waals surface area contributed by atoms with Crippen LogP contribution in [0.15, 0.2) is 0 Å². The highest BCUT2D eigenvalue weighted by Gasteiger charge is 2.12. The summed E-state index contributed by atoms with van der Waals surface area (Å²) in [5.41, 5.74) is 0.830. The summed E-state index contributed by atoms with van der Waals surface area (Å²) < 4.78 is 5.72. The van der Waals surface area contributed by atoms with Crippen LogP contribution >= 0.6 is 11.6 Å². The van der Waals surface area contributed by atoms with Gasteiger partial charge in [-0.2, -0.15) is 4.98 Å². The molecule has 4 heteroatoms. The number of nitrogens with zero attached hydrogens (tertiary/aromatic N) is 2. The molecule has 0 N–H and O–H groups in total. The molecule has 102 valence electrons. The lowest BCUT2D eigenvalue weighted by Crippen LogP contribution is -2.06. The molecule has 0 radical (unpaired) electrons. The quantitative estimate of drug-likeness (QED) is 0.540. The summed E-state index contributed by atoms with van der Waals surface area (Å²) in [6.45, 7) is 8.89. The van der Waals surface area contributed by atoms with Gasteiger partial charge in [0.15, 0.2) is 0 Å². The van der Waals surface area contributed by atoms with Gasteiger partial charge in [-0.1, -0.05) is 51.6 Å². The van der Waals surface area contributed by atoms with Crippen molar-refractivity contribution in [2.75, 3.05) is 6.61 Å². The van der Waals surface area contributed by atoms with Gasteiger partial charge in [0, 0.05) is 11.5 Å². The summed E-state index contributed by atoms with van der Waals surface area (Å²) in [7, 11) is 0. The van der Waals surface area contributed by atoms with Crippen LogP contribution in [0.25, 0.3) is 0 Å². The Bertz CT molecular complexity index is 380. The second-order valence-electron chi connectivity index (χ2n) is 4.87. The Balaban J connectivity index is 2.63. The standard InChI is InChI=1S/C14H23ClN2O/c1-5-6-7-8-9-18-14-11(4)12(15)16-13(17-14)10(2)3/h10H,5-9H2,1-4H3. The summed E-state index contributed by atoms with van der Waals surface area (Å²) >= 11 is 6.09. The molecule has 0 aliphatic carbocycles. The maximum absolute atomic E-state index is 6.09. The fourth-order valence-corrected chi connectivity index (χ4v) is 1.75. The van der Waals surface area contributed by atoms with E-state index in [2.05, 4.69) is 16.9 Å². The Morgan fingerprint density at radius 1 is 1.17 bits per heavy atom. The first-order valence-corrected chi connectivity index (χ1v) is 7.10. The van der Waals surface area contributed by atoms with Crippen LogP contribution in [-0.2, 0) is 0 Å². The van der Waals surface area contributed by atoms with Gasteiger partial charge in [0.05, 0.1) is 6.61 Å². The van der Waals surface area contributed by atoms with Crippen LogP contribution in [0.1, 0.15) is 63.8 Å². The van der Waals surface area contributed by atoms with Crippen molar-refractivity contribution in [1.82, 2.24) is 9.97 Å². The smallest absolute Gasteiger partial charge is 0.221 e. The molecule has 18 heavy (non-hydrogen) atoms. The lowest BCUT2D eigenvalue weighted by molar-refractivity contribution is 0.289. The Labute approximate surface area is 115 Å². The molecule has 1 aromatic heterocycles. The number of aromatic nitrogens is 2. The third kappa shape index (κ3) is 4.45. The maximum atomic E-state index is 6.09. The first-order chi connectivity index (χ1) is 8.56. The lowest BCUT2D eigenvalue weighted by Gasteiger charge is -2.12. The Hall–Kier alpha value is -0.830. The SMILES string of the molecule is CCCCCCOc1nc(C(C)C)nc(Cl)c1C. The van der Waals surface area contributed by atoms with Crippen molar-refractivity contribution in [2.45, 2.75) is 59.3 Å². The average Bonchev–Trinajstić information content (AvgIpc) is 2.33. The monoisotopic (exact) mass is 270 g/mol. The van der Waals surface area contributed by atoms with Crippen LogP contribution in [-0.4, -0.2) is 16.6 Å². The normalized spacial score (nSPS) is 11.0. The predicted molar refractivity (Wildman–Crippen MR) is 75.5 cm³/mol. The van der Waals surface area contributed by atoms with Crippen molar-refractivity contribution in [2.24, 2.45) is 0 Å². The van der Waals surface area contributed by atoms with E-state index in [1.54, 1.807) is 0 Å². The Morgan fingerprint density at radius 3 is 2.50 bits per heavy atom. The van der Waals surface area contributed by atoms with Crippen LogP contribution in [0, 0.1) is 6.92 Å². The molecule has 3 nitrogen and oxygen atoms in total. The minimum atomic E-state index is 0.255. The van der Waals surface area contributed by atoms with E-state index < -0.39 is 0 Å². The fourth-order valence-electron chi connectivity index (χ4n) is 1.58. The second-order valence-corrected chi connectivity index (χ2v) is 5.22. The number of halogens is 1. The highest BCUT2D eigenvalue weighted by molar-refractivity contribution is 6.30. The number of hydrogen-bond donors (Lipinski definition) is 0. The van der Waals surface area contributed by atoms with E-state index in [-0.39, 0.29) is 5.92 Å². The molecule has 1 heterocycles. The number of ether oxygens (including phenoxy) is 1. The van der Waals surface area contributed by atoms with Crippen molar-refractivity contribution in [3.63, 3.8) is 0 Å². The van der Waals surface area contributed by atoms with Crippen LogP contribution in [0.5, 0.6) is 5.88 Å². The van der Waals surface area contributed by atoms with Crippen molar-refractivity contribution in [3.05, 3.63) is 16.5 Å². The lowest BCUT2D eigenvalue weighted by atomic mass is 10.2. The van der Waals surface area contributed by atoms with Gasteiger partial charge >= 0.3 is 0 Å². The van der Waals surface area contributed by atoms with Gasteiger partial charge in [0.2, 0.25) is 5.88 Å². The van der Waals surface area contributed by atoms with E-state index in [0.29, 0.717) is 17.6 Å². The van der Waals surface area contributed by atoms with Gasteiger partial charge in [-0.25, -0.2) is 4.98 Å². The van der Waals surface area contributed by atoms with Gasteiger partial charge < -0.3 is 4.74 Å². The number of rotatable bonds is 7. The molecule has 0 atom stereocenters. The zero-order valence-electron chi connectivity index (χ0n) is 11.8. The van der Waals surface area contributed by atoms with Gasteiger partial charge in [-0.3, -0.25) is 0 Å². The van der Waals surface area contributed by atoms with Crippen LogP contribution in [0.3, 0.4) is 0 Å². The largest absolute Gasteiger partial charge is 0.477 e. The van der Waals surface area contributed by atoms with Gasteiger partial charge in [0.25, 0.3) is 0 Å². The molecule has 1 rings (SSSR count). The summed E-state index contributed by atoms with van der Waals surface area (Å²) in [5.74, 6) is 1.63. The van der Waals surface area contributed by atoms with Crippen LogP contribution < -0.4 is 4.74 Å². The molecule has 0 spiro atoms. The highest BCUT2D eigenvalue weighted by Crippen LogP contribution is 2.24. The van der Waals surface area contributed by atoms with Gasteiger partial charge in [-0.05, 0) is 13.3 Å². The molecular formula is C14H23ClN2O. The Morgan fingerprint density at radius 2 is 1.89 bits per heavy atom. The molecule has 0 saturated carbocycles. The van der Waals surface area contributed by atoms with E-state index in [1.807, 2.05) is 20.8 Å². The average molecular weight is 271 g/mol. The third-order valence-corrected chi connectivity index (χ3v) is 3.18. The molecule has 0 amide bonds. The second kappa shape index (κ2) is 7.57. The number of unbranched alkanes of at least 4 members (excludes halogenated alkanes) is 3. The van der Waals surface area contributed by atoms with E-state index in [9.17, 15) is 0 Å². The molecule has 0 fully saturated rings. The minimum absolute atomic E-state index is 0.255. The summed E-state index contributed by atoms with van der Waals surface area (Å²) in [6.07, 6.45) is 4.75. The molecule has 0 saturated heterocycles. The van der Waals surface area contributed by atoms with Gasteiger partial charge in [-0.15, -0.1) is 0 Å². The van der Waals surface area contributed by atoms with Crippen molar-refractivity contribution in [3.8, 4) is 5.88 Å². The molecule has 0 aliphatic rings. The van der Waals surface area contributed by atoms with E-state index >= 15 is 0 Å². The van der Waals surface area contributed by atoms with Crippen molar-refractivity contribution in [1.29, 1.82) is 0 Å². The first kappa shape index (κ1) is 15.2. The highest BCUT2D eigenvalue weighted by atomic mass is 35.5. The van der Waals surface area contributed by atoms with E-state index in [0.717, 1.165) is 17.8 Å². The zero-order valence-corrected chi connectivity index (χ0v) is 12.5. The maximum Gasteiger partial charge on any atom is 0.221 e. The van der Waals surface area contributed by atoms with Crippen molar-refractivity contribution >= 4 is 11.6 Å². The molecule has 0 bridgehead atoms. The summed E-state index contributed by atoms with van der Waals surface area (Å²) in [5, 5.41) is 0.497. The molecule has 0 aromatic carbocycles. The minimum Gasteiger partial charge on any atom is -0.477 e. The van der Waals surface area contributed by atoms with E-state index in [4.69, 9.17) is 16.3 Å².